The molecule has 20 heavy (non-hydrogen) atoms. The molecule has 0 aliphatic heterocycles. The Hall–Kier alpha value is -2.70. The summed E-state index contributed by atoms with van der Waals surface area (Å²) in [5.74, 6) is 1.27. The predicted octanol–water partition coefficient (Wildman–Crippen LogP) is 2.31. The molecule has 0 amide bonds. The number of non-ortho nitro benzene ring substituents is 1. The highest BCUT2D eigenvalue weighted by Crippen LogP contribution is 2.23. The Labute approximate surface area is 115 Å². The van der Waals surface area contributed by atoms with Crippen molar-refractivity contribution in [3.63, 3.8) is 0 Å². The summed E-state index contributed by atoms with van der Waals surface area (Å²) in [6.07, 6.45) is 3.23. The van der Waals surface area contributed by atoms with Crippen LogP contribution in [0.1, 0.15) is 11.3 Å². The van der Waals surface area contributed by atoms with E-state index < -0.39 is 4.92 Å². The van der Waals surface area contributed by atoms with Crippen LogP contribution in [0.25, 0.3) is 0 Å². The average molecular weight is 274 g/mol. The number of nitrogens with one attached hydrogen (secondary N) is 1. The van der Waals surface area contributed by atoms with Crippen LogP contribution in [-0.2, 0) is 6.61 Å². The lowest BCUT2D eigenvalue weighted by molar-refractivity contribution is -0.384. The molecule has 7 heteroatoms. The maximum atomic E-state index is 10.6. The summed E-state index contributed by atoms with van der Waals surface area (Å²) in [5, 5.41) is 13.5. The van der Waals surface area contributed by atoms with E-state index in [1.807, 2.05) is 0 Å². The highest BCUT2D eigenvalue weighted by Gasteiger charge is 2.09. The van der Waals surface area contributed by atoms with Crippen molar-refractivity contribution in [2.24, 2.45) is 0 Å². The third kappa shape index (κ3) is 3.19. The zero-order chi connectivity index (χ0) is 14.5. The topological polar surface area (TPSA) is 90.2 Å². The van der Waals surface area contributed by atoms with Crippen molar-refractivity contribution in [2.75, 3.05) is 12.4 Å². The molecule has 0 saturated heterocycles. The zero-order valence-electron chi connectivity index (χ0n) is 11.2. The van der Waals surface area contributed by atoms with Gasteiger partial charge >= 0.3 is 0 Å². The number of benzene rings is 1. The smallest absolute Gasteiger partial charge is 0.269 e. The standard InChI is InChI=1S/C13H14N4O3/c1-9-5-11(17(18)19)3-4-12(9)20-8-10-6-16-13(14-2)7-15-10/h3-7H,8H2,1-2H3,(H,14,16). The fraction of sp³-hybridized carbons (Fsp3) is 0.231. The van der Waals surface area contributed by atoms with E-state index in [1.165, 1.54) is 12.1 Å². The Kier molecular flexibility index (Phi) is 4.09. The molecule has 2 rings (SSSR count). The molecule has 0 saturated carbocycles. The Balaban J connectivity index is 2.04. The van der Waals surface area contributed by atoms with Crippen molar-refractivity contribution in [3.8, 4) is 5.75 Å². The quantitative estimate of drug-likeness (QED) is 0.664. The van der Waals surface area contributed by atoms with Gasteiger partial charge in [0.1, 0.15) is 18.2 Å². The summed E-state index contributed by atoms with van der Waals surface area (Å²) in [5.41, 5.74) is 1.44. The molecule has 104 valence electrons. The predicted molar refractivity (Wildman–Crippen MR) is 73.7 cm³/mol. The number of nitrogens with zero attached hydrogens (tertiary/aromatic N) is 3. The van der Waals surface area contributed by atoms with Crippen LogP contribution in [0.15, 0.2) is 30.6 Å². The molecule has 0 fully saturated rings. The number of rotatable bonds is 5. The number of hydrogen-bond acceptors (Lipinski definition) is 6. The van der Waals surface area contributed by atoms with Gasteiger partial charge in [-0.1, -0.05) is 0 Å². The summed E-state index contributed by atoms with van der Waals surface area (Å²) in [7, 11) is 1.76. The Morgan fingerprint density at radius 1 is 1.35 bits per heavy atom. The number of aryl methyl sites for hydroxylation is 1. The van der Waals surface area contributed by atoms with Crippen molar-refractivity contribution in [3.05, 3.63) is 52.0 Å². The van der Waals surface area contributed by atoms with Gasteiger partial charge in [0.25, 0.3) is 5.69 Å². The number of hydrogen-bond donors (Lipinski definition) is 1. The fourth-order valence-corrected chi connectivity index (χ4v) is 1.62. The molecule has 0 radical (unpaired) electrons. The molecule has 1 N–H and O–H groups in total. The minimum Gasteiger partial charge on any atom is -0.487 e. The van der Waals surface area contributed by atoms with E-state index in [0.717, 1.165) is 0 Å². The van der Waals surface area contributed by atoms with Gasteiger partial charge in [-0.2, -0.15) is 0 Å². The zero-order valence-corrected chi connectivity index (χ0v) is 11.2. The Morgan fingerprint density at radius 3 is 2.70 bits per heavy atom. The van der Waals surface area contributed by atoms with Crippen LogP contribution in [-0.4, -0.2) is 21.9 Å². The van der Waals surface area contributed by atoms with Crippen LogP contribution in [0.3, 0.4) is 0 Å². The van der Waals surface area contributed by atoms with Crippen molar-refractivity contribution in [1.29, 1.82) is 0 Å². The largest absolute Gasteiger partial charge is 0.487 e. The van der Waals surface area contributed by atoms with Crippen LogP contribution in [0.5, 0.6) is 5.75 Å². The second kappa shape index (κ2) is 5.96. The lowest BCUT2D eigenvalue weighted by Gasteiger charge is -2.08. The summed E-state index contributed by atoms with van der Waals surface area (Å²) < 4.78 is 5.59. The van der Waals surface area contributed by atoms with Gasteiger partial charge in [0.05, 0.1) is 23.0 Å². The van der Waals surface area contributed by atoms with Gasteiger partial charge < -0.3 is 10.1 Å². The molecule has 0 unspecified atom stereocenters. The minimum atomic E-state index is -0.432. The first-order chi connectivity index (χ1) is 9.60. The van der Waals surface area contributed by atoms with E-state index in [1.54, 1.807) is 32.4 Å². The van der Waals surface area contributed by atoms with Gasteiger partial charge in [0, 0.05) is 19.2 Å². The van der Waals surface area contributed by atoms with Crippen molar-refractivity contribution < 1.29 is 9.66 Å². The highest BCUT2D eigenvalue weighted by atomic mass is 16.6. The maximum absolute atomic E-state index is 10.6. The maximum Gasteiger partial charge on any atom is 0.269 e. The molecule has 1 heterocycles. The van der Waals surface area contributed by atoms with Crippen LogP contribution < -0.4 is 10.1 Å². The SMILES string of the molecule is CNc1cnc(COc2ccc([N+](=O)[O-])cc2C)cn1. The van der Waals surface area contributed by atoms with Gasteiger partial charge in [-0.05, 0) is 18.6 Å². The molecule has 0 spiro atoms. The number of nitro benzene ring substituents is 1. The fourth-order valence-electron chi connectivity index (χ4n) is 1.62. The molecular weight excluding hydrogens is 260 g/mol. The molecule has 0 aliphatic rings. The number of ether oxygens (including phenoxy) is 1. The highest BCUT2D eigenvalue weighted by molar-refractivity contribution is 5.43. The average Bonchev–Trinajstić information content (AvgIpc) is 2.46. The summed E-state index contributed by atoms with van der Waals surface area (Å²) in [6, 6.07) is 4.48. The second-order valence-corrected chi connectivity index (χ2v) is 4.14. The van der Waals surface area contributed by atoms with Crippen molar-refractivity contribution in [2.45, 2.75) is 13.5 Å². The molecule has 1 aromatic carbocycles. The van der Waals surface area contributed by atoms with Crippen molar-refractivity contribution >= 4 is 11.5 Å². The van der Waals surface area contributed by atoms with E-state index in [9.17, 15) is 10.1 Å². The monoisotopic (exact) mass is 274 g/mol. The van der Waals surface area contributed by atoms with E-state index in [0.29, 0.717) is 22.8 Å². The summed E-state index contributed by atoms with van der Waals surface area (Å²) in [4.78, 5) is 18.5. The lowest BCUT2D eigenvalue weighted by Crippen LogP contribution is -2.02. The first-order valence-corrected chi connectivity index (χ1v) is 5.96. The van der Waals surface area contributed by atoms with Gasteiger partial charge in [0.15, 0.2) is 0 Å². The normalized spacial score (nSPS) is 10.1. The van der Waals surface area contributed by atoms with Crippen LogP contribution in [0.2, 0.25) is 0 Å². The van der Waals surface area contributed by atoms with Gasteiger partial charge in [-0.15, -0.1) is 0 Å². The number of nitro groups is 1. The molecule has 7 nitrogen and oxygen atoms in total. The van der Waals surface area contributed by atoms with Gasteiger partial charge in [0.2, 0.25) is 0 Å². The summed E-state index contributed by atoms with van der Waals surface area (Å²) >= 11 is 0. The lowest BCUT2D eigenvalue weighted by atomic mass is 10.2. The third-order valence-corrected chi connectivity index (χ3v) is 2.71. The van der Waals surface area contributed by atoms with Gasteiger partial charge in [-0.25, -0.2) is 4.98 Å². The van der Waals surface area contributed by atoms with E-state index >= 15 is 0 Å². The number of aromatic nitrogens is 2. The second-order valence-electron chi connectivity index (χ2n) is 4.14. The third-order valence-electron chi connectivity index (χ3n) is 2.71. The van der Waals surface area contributed by atoms with Gasteiger partial charge in [-0.3, -0.25) is 15.1 Å². The van der Waals surface area contributed by atoms with Crippen LogP contribution in [0, 0.1) is 17.0 Å². The molecular formula is C13H14N4O3. The molecule has 0 bridgehead atoms. The minimum absolute atomic E-state index is 0.0491. The molecule has 0 aliphatic carbocycles. The Morgan fingerprint density at radius 2 is 2.15 bits per heavy atom. The number of anilines is 1. The molecule has 2 aromatic rings. The first kappa shape index (κ1) is 13.7. The van der Waals surface area contributed by atoms with E-state index in [-0.39, 0.29) is 12.3 Å². The van der Waals surface area contributed by atoms with E-state index in [4.69, 9.17) is 4.74 Å². The van der Waals surface area contributed by atoms with E-state index in [2.05, 4.69) is 15.3 Å². The molecule has 1 aromatic heterocycles. The van der Waals surface area contributed by atoms with Crippen LogP contribution in [0.4, 0.5) is 11.5 Å². The first-order valence-electron chi connectivity index (χ1n) is 5.96. The summed E-state index contributed by atoms with van der Waals surface area (Å²) in [6.45, 7) is 2.02. The van der Waals surface area contributed by atoms with Crippen LogP contribution >= 0.6 is 0 Å². The molecule has 0 atom stereocenters. The Bertz CT molecular complexity index is 614. The van der Waals surface area contributed by atoms with Crippen molar-refractivity contribution in [1.82, 2.24) is 9.97 Å².